The summed E-state index contributed by atoms with van der Waals surface area (Å²) in [4.78, 5) is 35.7. The summed E-state index contributed by atoms with van der Waals surface area (Å²) in [5.41, 5.74) is -0.0268. The summed E-state index contributed by atoms with van der Waals surface area (Å²) in [7, 11) is 0. The number of rotatable bonds is 7. The highest BCUT2D eigenvalue weighted by molar-refractivity contribution is 5.98. The number of benzene rings is 1. The highest BCUT2D eigenvalue weighted by Gasteiger charge is 2.21. The summed E-state index contributed by atoms with van der Waals surface area (Å²) in [5, 5.41) is 8.76. The van der Waals surface area contributed by atoms with Crippen LogP contribution in [0.2, 0.25) is 0 Å². The van der Waals surface area contributed by atoms with Crippen LogP contribution in [0, 0.1) is 11.6 Å². The van der Waals surface area contributed by atoms with E-state index in [0.29, 0.717) is 0 Å². The molecule has 0 heterocycles. The SMILES string of the molecule is CC(C)N(CC(=O)O)C(=O)CCC(=O)c1ccc(F)c(F)c1. The van der Waals surface area contributed by atoms with E-state index in [4.69, 9.17) is 5.11 Å². The fourth-order valence-corrected chi connectivity index (χ4v) is 1.88. The van der Waals surface area contributed by atoms with E-state index in [2.05, 4.69) is 0 Å². The van der Waals surface area contributed by atoms with E-state index in [1.807, 2.05) is 0 Å². The Morgan fingerprint density at radius 1 is 1.14 bits per heavy atom. The van der Waals surface area contributed by atoms with Gasteiger partial charge in [0.15, 0.2) is 17.4 Å². The maximum absolute atomic E-state index is 13.0. The molecular weight excluding hydrogens is 296 g/mol. The van der Waals surface area contributed by atoms with E-state index < -0.39 is 35.8 Å². The molecular formula is C15H17F2NO4. The number of ketones is 1. The summed E-state index contributed by atoms with van der Waals surface area (Å²) in [6.07, 6.45) is -0.393. The number of amides is 1. The van der Waals surface area contributed by atoms with Gasteiger partial charge in [-0.1, -0.05) is 0 Å². The van der Waals surface area contributed by atoms with Crippen molar-refractivity contribution < 1.29 is 28.3 Å². The van der Waals surface area contributed by atoms with E-state index in [0.717, 1.165) is 23.1 Å². The Labute approximate surface area is 126 Å². The standard InChI is InChI=1S/C15H17F2NO4/c1-9(2)18(8-15(21)22)14(20)6-5-13(19)10-3-4-11(16)12(17)7-10/h3-4,7,9H,5-6,8H2,1-2H3,(H,21,22). The van der Waals surface area contributed by atoms with Crippen molar-refractivity contribution in [1.82, 2.24) is 4.90 Å². The summed E-state index contributed by atoms with van der Waals surface area (Å²) in [6, 6.07) is 2.44. The van der Waals surface area contributed by atoms with Gasteiger partial charge in [0.05, 0.1) is 0 Å². The van der Waals surface area contributed by atoms with Crippen molar-refractivity contribution in [3.8, 4) is 0 Å². The molecule has 0 unspecified atom stereocenters. The van der Waals surface area contributed by atoms with Crippen molar-refractivity contribution in [2.24, 2.45) is 0 Å². The molecule has 0 fully saturated rings. The lowest BCUT2D eigenvalue weighted by atomic mass is 10.1. The zero-order valence-corrected chi connectivity index (χ0v) is 12.3. The first-order chi connectivity index (χ1) is 10.2. The number of aliphatic carboxylic acids is 1. The van der Waals surface area contributed by atoms with Crippen molar-refractivity contribution in [3.63, 3.8) is 0 Å². The molecule has 0 atom stereocenters. The van der Waals surface area contributed by atoms with E-state index in [-0.39, 0.29) is 24.4 Å². The van der Waals surface area contributed by atoms with Gasteiger partial charge in [0, 0.05) is 24.4 Å². The van der Waals surface area contributed by atoms with Crippen molar-refractivity contribution in [2.45, 2.75) is 32.7 Å². The summed E-state index contributed by atoms with van der Waals surface area (Å²) >= 11 is 0. The van der Waals surface area contributed by atoms with Crippen LogP contribution in [-0.2, 0) is 9.59 Å². The minimum absolute atomic E-state index is 0.0268. The van der Waals surface area contributed by atoms with Gasteiger partial charge in [0.25, 0.3) is 0 Å². The molecule has 1 N–H and O–H groups in total. The average molecular weight is 313 g/mol. The third-order valence-electron chi connectivity index (χ3n) is 3.06. The minimum atomic E-state index is -1.14. The molecule has 120 valence electrons. The number of Topliss-reactive ketones (excluding diaryl/α,β-unsaturated/α-hetero) is 1. The number of carbonyl (C=O) groups excluding carboxylic acids is 2. The molecule has 0 aliphatic carbocycles. The van der Waals surface area contributed by atoms with Crippen LogP contribution in [0.1, 0.15) is 37.0 Å². The van der Waals surface area contributed by atoms with Gasteiger partial charge in [-0.25, -0.2) is 8.78 Å². The van der Waals surface area contributed by atoms with E-state index in [1.54, 1.807) is 13.8 Å². The lowest BCUT2D eigenvalue weighted by Gasteiger charge is -2.24. The van der Waals surface area contributed by atoms with Crippen LogP contribution in [0.5, 0.6) is 0 Å². The van der Waals surface area contributed by atoms with Gasteiger partial charge in [0.2, 0.25) is 5.91 Å². The van der Waals surface area contributed by atoms with E-state index in [1.165, 1.54) is 0 Å². The average Bonchev–Trinajstić information content (AvgIpc) is 2.44. The number of hydrogen-bond donors (Lipinski definition) is 1. The number of carboxylic acids is 1. The number of nitrogens with zero attached hydrogens (tertiary/aromatic N) is 1. The highest BCUT2D eigenvalue weighted by Crippen LogP contribution is 2.12. The second-order valence-electron chi connectivity index (χ2n) is 5.06. The normalized spacial score (nSPS) is 10.6. The molecule has 22 heavy (non-hydrogen) atoms. The van der Waals surface area contributed by atoms with E-state index >= 15 is 0 Å². The molecule has 0 bridgehead atoms. The number of carbonyl (C=O) groups is 3. The third kappa shape index (κ3) is 4.91. The molecule has 1 aromatic rings. The molecule has 0 spiro atoms. The van der Waals surface area contributed by atoms with Crippen LogP contribution in [-0.4, -0.2) is 40.3 Å². The molecule has 1 amide bonds. The summed E-state index contributed by atoms with van der Waals surface area (Å²) in [6.45, 7) is 2.88. The fourth-order valence-electron chi connectivity index (χ4n) is 1.88. The molecule has 0 radical (unpaired) electrons. The lowest BCUT2D eigenvalue weighted by molar-refractivity contribution is -0.145. The maximum Gasteiger partial charge on any atom is 0.323 e. The van der Waals surface area contributed by atoms with Crippen LogP contribution in [0.25, 0.3) is 0 Å². The Hall–Kier alpha value is -2.31. The zero-order valence-electron chi connectivity index (χ0n) is 12.3. The Bertz CT molecular complexity index is 587. The molecule has 7 heteroatoms. The molecule has 0 aliphatic rings. The van der Waals surface area contributed by atoms with Gasteiger partial charge in [0.1, 0.15) is 6.54 Å². The van der Waals surface area contributed by atoms with Crippen LogP contribution < -0.4 is 0 Å². The van der Waals surface area contributed by atoms with Crippen molar-refractivity contribution in [1.29, 1.82) is 0 Å². The van der Waals surface area contributed by atoms with Crippen molar-refractivity contribution in [2.75, 3.05) is 6.54 Å². The second kappa shape index (κ2) is 7.63. The Kier molecular flexibility index (Phi) is 6.15. The third-order valence-corrected chi connectivity index (χ3v) is 3.06. The van der Waals surface area contributed by atoms with Gasteiger partial charge < -0.3 is 10.0 Å². The smallest absolute Gasteiger partial charge is 0.323 e. The molecule has 5 nitrogen and oxygen atoms in total. The fraction of sp³-hybridized carbons (Fsp3) is 0.400. The van der Waals surface area contributed by atoms with Gasteiger partial charge in [-0.3, -0.25) is 14.4 Å². The van der Waals surface area contributed by atoms with Gasteiger partial charge in [-0.2, -0.15) is 0 Å². The van der Waals surface area contributed by atoms with Crippen molar-refractivity contribution in [3.05, 3.63) is 35.4 Å². The second-order valence-corrected chi connectivity index (χ2v) is 5.06. The maximum atomic E-state index is 13.0. The van der Waals surface area contributed by atoms with Crippen LogP contribution >= 0.6 is 0 Å². The van der Waals surface area contributed by atoms with E-state index in [9.17, 15) is 23.2 Å². The molecule has 1 aromatic carbocycles. The van der Waals surface area contributed by atoms with Gasteiger partial charge in [-0.15, -0.1) is 0 Å². The van der Waals surface area contributed by atoms with Gasteiger partial charge >= 0.3 is 5.97 Å². The zero-order chi connectivity index (χ0) is 16.9. The van der Waals surface area contributed by atoms with Crippen LogP contribution in [0.3, 0.4) is 0 Å². The monoisotopic (exact) mass is 313 g/mol. The van der Waals surface area contributed by atoms with Crippen LogP contribution in [0.4, 0.5) is 8.78 Å². The first kappa shape index (κ1) is 17.7. The van der Waals surface area contributed by atoms with Gasteiger partial charge in [-0.05, 0) is 32.0 Å². The highest BCUT2D eigenvalue weighted by atomic mass is 19.2. The lowest BCUT2D eigenvalue weighted by Crippen LogP contribution is -2.40. The first-order valence-corrected chi connectivity index (χ1v) is 6.72. The molecule has 0 aliphatic heterocycles. The molecule has 0 aromatic heterocycles. The first-order valence-electron chi connectivity index (χ1n) is 6.72. The minimum Gasteiger partial charge on any atom is -0.480 e. The van der Waals surface area contributed by atoms with Crippen LogP contribution in [0.15, 0.2) is 18.2 Å². The topological polar surface area (TPSA) is 74.7 Å². The number of halogens is 2. The largest absolute Gasteiger partial charge is 0.480 e. The number of hydrogen-bond acceptors (Lipinski definition) is 3. The summed E-state index contributed by atoms with van der Waals surface area (Å²) in [5.74, 6) is -4.32. The Morgan fingerprint density at radius 2 is 1.77 bits per heavy atom. The predicted octanol–water partition coefficient (Wildman–Crippen LogP) is 2.25. The molecule has 0 saturated carbocycles. The Balaban J connectivity index is 2.67. The van der Waals surface area contributed by atoms with Crippen molar-refractivity contribution >= 4 is 17.7 Å². The number of carboxylic acid groups (broad SMARTS) is 1. The molecule has 1 rings (SSSR count). The molecule has 0 saturated heterocycles. The summed E-state index contributed by atoms with van der Waals surface area (Å²) < 4.78 is 25.8. The quantitative estimate of drug-likeness (QED) is 0.784. The predicted molar refractivity (Wildman–Crippen MR) is 74.4 cm³/mol. The Morgan fingerprint density at radius 3 is 2.27 bits per heavy atom.